The summed E-state index contributed by atoms with van der Waals surface area (Å²) < 4.78 is 37.6. The monoisotopic (exact) mass is 299 g/mol. The number of benzene rings is 1. The highest BCUT2D eigenvalue weighted by atomic mass is 19.4. The first-order chi connectivity index (χ1) is 9.86. The van der Waals surface area contributed by atoms with Gasteiger partial charge in [0.2, 0.25) is 0 Å². The minimum Gasteiger partial charge on any atom is -0.382 e. The Morgan fingerprint density at radius 3 is 2.24 bits per heavy atom. The topological polar surface area (TPSA) is 12.0 Å². The van der Waals surface area contributed by atoms with Crippen LogP contribution in [0.15, 0.2) is 24.3 Å². The van der Waals surface area contributed by atoms with Gasteiger partial charge in [-0.2, -0.15) is 13.2 Å². The van der Waals surface area contributed by atoms with Crippen LogP contribution in [0.2, 0.25) is 0 Å². The van der Waals surface area contributed by atoms with Crippen LogP contribution in [0.25, 0.3) is 0 Å². The average Bonchev–Trinajstić information content (AvgIpc) is 2.64. The van der Waals surface area contributed by atoms with Crippen molar-refractivity contribution in [3.8, 4) is 0 Å². The number of anilines is 1. The predicted molar refractivity (Wildman–Crippen MR) is 80.3 cm³/mol. The van der Waals surface area contributed by atoms with Crippen molar-refractivity contribution in [2.45, 2.75) is 58.2 Å². The van der Waals surface area contributed by atoms with Crippen molar-refractivity contribution in [2.75, 3.05) is 5.32 Å². The van der Waals surface area contributed by atoms with Crippen molar-refractivity contribution in [3.63, 3.8) is 0 Å². The Morgan fingerprint density at radius 1 is 1.00 bits per heavy atom. The molecule has 4 heteroatoms. The maximum atomic E-state index is 12.5. The summed E-state index contributed by atoms with van der Waals surface area (Å²) in [6.07, 6.45) is 1.61. The van der Waals surface area contributed by atoms with E-state index in [0.29, 0.717) is 6.04 Å². The van der Waals surface area contributed by atoms with Crippen molar-refractivity contribution in [1.82, 2.24) is 0 Å². The maximum absolute atomic E-state index is 12.5. The summed E-state index contributed by atoms with van der Waals surface area (Å²) in [5, 5.41) is 3.39. The van der Waals surface area contributed by atoms with Gasteiger partial charge in [-0.3, -0.25) is 0 Å². The smallest absolute Gasteiger partial charge is 0.382 e. The van der Waals surface area contributed by atoms with E-state index in [9.17, 15) is 13.2 Å². The summed E-state index contributed by atoms with van der Waals surface area (Å²) in [6.45, 7) is 4.54. The van der Waals surface area contributed by atoms with Crippen molar-refractivity contribution in [3.05, 3.63) is 29.8 Å². The Kier molecular flexibility index (Phi) is 5.17. The van der Waals surface area contributed by atoms with E-state index in [-0.39, 0.29) is 0 Å². The zero-order valence-electron chi connectivity index (χ0n) is 12.7. The molecule has 1 aromatic carbocycles. The molecule has 0 aliphatic heterocycles. The molecule has 1 aliphatic rings. The fourth-order valence-corrected chi connectivity index (χ4v) is 3.13. The molecule has 0 bridgehead atoms. The normalized spacial score (nSPS) is 23.9. The molecule has 118 valence electrons. The van der Waals surface area contributed by atoms with Crippen LogP contribution in [-0.4, -0.2) is 6.04 Å². The number of halogens is 3. The summed E-state index contributed by atoms with van der Waals surface area (Å²) in [7, 11) is 0. The van der Waals surface area contributed by atoms with Crippen LogP contribution in [0.4, 0.5) is 18.9 Å². The number of nitrogens with one attached hydrogen (secondary N) is 1. The van der Waals surface area contributed by atoms with Gasteiger partial charge in [0.15, 0.2) is 0 Å². The maximum Gasteiger partial charge on any atom is 0.416 e. The van der Waals surface area contributed by atoms with Crippen LogP contribution in [0.5, 0.6) is 0 Å². The van der Waals surface area contributed by atoms with Gasteiger partial charge in [0.25, 0.3) is 0 Å². The van der Waals surface area contributed by atoms with E-state index in [1.807, 2.05) is 0 Å². The van der Waals surface area contributed by atoms with Crippen LogP contribution in [0.3, 0.4) is 0 Å². The third-order valence-corrected chi connectivity index (χ3v) is 4.54. The van der Waals surface area contributed by atoms with Gasteiger partial charge in [0, 0.05) is 11.7 Å². The third kappa shape index (κ3) is 4.65. The first kappa shape index (κ1) is 16.2. The second kappa shape index (κ2) is 6.71. The molecule has 0 aromatic heterocycles. The lowest BCUT2D eigenvalue weighted by Gasteiger charge is -2.20. The van der Waals surface area contributed by atoms with E-state index in [0.717, 1.165) is 42.5 Å². The van der Waals surface area contributed by atoms with Gasteiger partial charge in [-0.15, -0.1) is 0 Å². The van der Waals surface area contributed by atoms with E-state index in [1.54, 1.807) is 0 Å². The fourth-order valence-electron chi connectivity index (χ4n) is 3.13. The van der Waals surface area contributed by atoms with E-state index in [4.69, 9.17) is 0 Å². The molecule has 2 unspecified atom stereocenters. The minimum absolute atomic E-state index is 0.380. The largest absolute Gasteiger partial charge is 0.416 e. The SMILES string of the molecule is CC(C)C1CCCC(Nc2ccc(C(F)(F)F)cc2)CC1. The molecule has 0 spiro atoms. The van der Waals surface area contributed by atoms with Crippen molar-refractivity contribution < 1.29 is 13.2 Å². The molecule has 0 amide bonds. The predicted octanol–water partition coefficient (Wildman–Crippen LogP) is 5.72. The molecule has 1 aliphatic carbocycles. The lowest BCUT2D eigenvalue weighted by atomic mass is 9.89. The van der Waals surface area contributed by atoms with Crippen molar-refractivity contribution in [2.24, 2.45) is 11.8 Å². The molecule has 1 nitrogen and oxygen atoms in total. The molecular weight excluding hydrogens is 275 g/mol. The molecule has 0 heterocycles. The summed E-state index contributed by atoms with van der Waals surface area (Å²) >= 11 is 0. The first-order valence-corrected chi connectivity index (χ1v) is 7.80. The molecular formula is C17H24F3N. The number of rotatable bonds is 3. The van der Waals surface area contributed by atoms with Crippen LogP contribution >= 0.6 is 0 Å². The van der Waals surface area contributed by atoms with E-state index in [1.165, 1.54) is 31.4 Å². The molecule has 0 radical (unpaired) electrons. The highest BCUT2D eigenvalue weighted by Gasteiger charge is 2.30. The summed E-state index contributed by atoms with van der Waals surface area (Å²) in [5.41, 5.74) is 0.199. The molecule has 0 saturated heterocycles. The van der Waals surface area contributed by atoms with E-state index < -0.39 is 11.7 Å². The first-order valence-electron chi connectivity index (χ1n) is 7.80. The zero-order chi connectivity index (χ0) is 15.5. The number of hydrogen-bond acceptors (Lipinski definition) is 1. The van der Waals surface area contributed by atoms with Gasteiger partial charge in [0.1, 0.15) is 0 Å². The van der Waals surface area contributed by atoms with Gasteiger partial charge in [-0.25, -0.2) is 0 Å². The van der Waals surface area contributed by atoms with Crippen molar-refractivity contribution in [1.29, 1.82) is 0 Å². The van der Waals surface area contributed by atoms with Crippen LogP contribution < -0.4 is 5.32 Å². The molecule has 1 aromatic rings. The van der Waals surface area contributed by atoms with Gasteiger partial charge in [-0.05, 0) is 55.4 Å². The van der Waals surface area contributed by atoms with E-state index in [2.05, 4.69) is 19.2 Å². The lowest BCUT2D eigenvalue weighted by Crippen LogP contribution is -2.19. The van der Waals surface area contributed by atoms with Gasteiger partial charge in [-0.1, -0.05) is 26.7 Å². The molecule has 2 rings (SSSR count). The van der Waals surface area contributed by atoms with E-state index >= 15 is 0 Å². The third-order valence-electron chi connectivity index (χ3n) is 4.54. The Labute approximate surface area is 124 Å². The minimum atomic E-state index is -4.26. The Morgan fingerprint density at radius 2 is 1.67 bits per heavy atom. The summed E-state index contributed by atoms with van der Waals surface area (Å²) in [5.74, 6) is 1.50. The quantitative estimate of drug-likeness (QED) is 0.704. The second-order valence-electron chi connectivity index (χ2n) is 6.43. The second-order valence-corrected chi connectivity index (χ2v) is 6.43. The Balaban J connectivity index is 1.93. The fraction of sp³-hybridized carbons (Fsp3) is 0.647. The molecule has 1 fully saturated rings. The molecule has 1 N–H and O–H groups in total. The Hall–Kier alpha value is -1.19. The summed E-state index contributed by atoms with van der Waals surface area (Å²) in [4.78, 5) is 0. The number of alkyl halides is 3. The van der Waals surface area contributed by atoms with Crippen LogP contribution in [0, 0.1) is 11.8 Å². The van der Waals surface area contributed by atoms with Crippen LogP contribution in [-0.2, 0) is 6.18 Å². The summed E-state index contributed by atoms with van der Waals surface area (Å²) in [6, 6.07) is 5.75. The average molecular weight is 299 g/mol. The standard InChI is InChI=1S/C17H24F3N/c1-12(2)13-4-3-5-15(9-6-13)21-16-10-7-14(8-11-16)17(18,19)20/h7-8,10-13,15,21H,3-6,9H2,1-2H3. The van der Waals surface area contributed by atoms with Gasteiger partial charge >= 0.3 is 6.18 Å². The van der Waals surface area contributed by atoms with Crippen LogP contribution in [0.1, 0.15) is 51.5 Å². The highest BCUT2D eigenvalue weighted by Crippen LogP contribution is 2.32. The zero-order valence-corrected chi connectivity index (χ0v) is 12.7. The molecule has 2 atom stereocenters. The van der Waals surface area contributed by atoms with Gasteiger partial charge in [0.05, 0.1) is 5.56 Å². The van der Waals surface area contributed by atoms with Gasteiger partial charge < -0.3 is 5.32 Å². The molecule has 21 heavy (non-hydrogen) atoms. The molecule has 1 saturated carbocycles. The Bertz CT molecular complexity index is 436. The van der Waals surface area contributed by atoms with Crippen molar-refractivity contribution >= 4 is 5.69 Å². The number of hydrogen-bond donors (Lipinski definition) is 1. The highest BCUT2D eigenvalue weighted by molar-refractivity contribution is 5.46. The lowest BCUT2D eigenvalue weighted by molar-refractivity contribution is -0.137.